The van der Waals surface area contributed by atoms with Crippen LogP contribution in [-0.2, 0) is 4.79 Å². The third kappa shape index (κ3) is 3.29. The minimum Gasteiger partial charge on any atom is -0.352 e. The number of hydrogen-bond acceptors (Lipinski definition) is 3. The van der Waals surface area contributed by atoms with Crippen molar-refractivity contribution < 1.29 is 9.59 Å². The first-order chi connectivity index (χ1) is 8.97. The average molecular weight is 278 g/mol. The summed E-state index contributed by atoms with van der Waals surface area (Å²) in [6.45, 7) is 6.61. The molecule has 2 amide bonds. The minimum absolute atomic E-state index is 0.0164. The Morgan fingerprint density at radius 1 is 1.47 bits per heavy atom. The number of amides is 2. The van der Waals surface area contributed by atoms with Gasteiger partial charge < -0.3 is 10.6 Å². The van der Waals surface area contributed by atoms with Crippen molar-refractivity contribution >= 4 is 29.3 Å². The highest BCUT2D eigenvalue weighted by Crippen LogP contribution is 2.35. The molecule has 1 aromatic carbocycles. The predicted molar refractivity (Wildman–Crippen MR) is 77.6 cm³/mol. The maximum Gasteiger partial charge on any atom is 0.251 e. The fourth-order valence-corrected chi connectivity index (χ4v) is 2.68. The van der Waals surface area contributed by atoms with Gasteiger partial charge in [-0.2, -0.15) is 0 Å². The Hall–Kier alpha value is -1.49. The molecule has 1 atom stereocenters. The molecule has 4 nitrogen and oxygen atoms in total. The zero-order valence-corrected chi connectivity index (χ0v) is 12.1. The summed E-state index contributed by atoms with van der Waals surface area (Å²) in [6, 6.07) is 5.42. The first kappa shape index (κ1) is 13.9. The van der Waals surface area contributed by atoms with Gasteiger partial charge in [-0.25, -0.2) is 0 Å². The number of rotatable bonds is 3. The quantitative estimate of drug-likeness (QED) is 0.893. The lowest BCUT2D eigenvalue weighted by molar-refractivity contribution is -0.115. The zero-order chi connectivity index (χ0) is 14.0. The highest BCUT2D eigenvalue weighted by molar-refractivity contribution is 8.00. The third-order valence-corrected chi connectivity index (χ3v) is 4.02. The second kappa shape index (κ2) is 5.65. The van der Waals surface area contributed by atoms with Crippen LogP contribution < -0.4 is 10.6 Å². The standard InChI is InChI=1S/C14H18N2O2S/c1-8(2)7-15-14(18)10-4-5-12-11(6-10)16-13(17)9(3)19-12/h4-6,8-9H,7H2,1-3H3,(H,15,18)(H,16,17). The Labute approximate surface area is 117 Å². The van der Waals surface area contributed by atoms with Crippen LogP contribution in [0.25, 0.3) is 0 Å². The van der Waals surface area contributed by atoms with Gasteiger partial charge in [-0.15, -0.1) is 11.8 Å². The van der Waals surface area contributed by atoms with Crippen LogP contribution in [0.15, 0.2) is 23.1 Å². The summed E-state index contributed by atoms with van der Waals surface area (Å²) >= 11 is 1.51. The molecule has 5 heteroatoms. The highest BCUT2D eigenvalue weighted by Gasteiger charge is 2.23. The molecule has 19 heavy (non-hydrogen) atoms. The van der Waals surface area contributed by atoms with E-state index < -0.39 is 0 Å². The first-order valence-electron chi connectivity index (χ1n) is 6.37. The molecule has 1 aliphatic heterocycles. The molecule has 1 heterocycles. The van der Waals surface area contributed by atoms with E-state index in [4.69, 9.17) is 0 Å². The van der Waals surface area contributed by atoms with E-state index >= 15 is 0 Å². The van der Waals surface area contributed by atoms with Crippen LogP contribution in [0, 0.1) is 5.92 Å². The van der Waals surface area contributed by atoms with Gasteiger partial charge in [0.25, 0.3) is 5.91 Å². The van der Waals surface area contributed by atoms with Crippen LogP contribution in [0.2, 0.25) is 0 Å². The second-order valence-electron chi connectivity index (χ2n) is 5.06. The largest absolute Gasteiger partial charge is 0.352 e. The Balaban J connectivity index is 2.15. The summed E-state index contributed by atoms with van der Waals surface area (Å²) in [5.41, 5.74) is 1.31. The Morgan fingerprint density at radius 2 is 2.21 bits per heavy atom. The molecule has 1 aliphatic rings. The van der Waals surface area contributed by atoms with E-state index in [1.807, 2.05) is 26.8 Å². The molecule has 0 saturated heterocycles. The number of benzene rings is 1. The van der Waals surface area contributed by atoms with E-state index in [-0.39, 0.29) is 17.1 Å². The summed E-state index contributed by atoms with van der Waals surface area (Å²) in [5, 5.41) is 5.61. The highest BCUT2D eigenvalue weighted by atomic mass is 32.2. The summed E-state index contributed by atoms with van der Waals surface area (Å²) < 4.78 is 0. The zero-order valence-electron chi connectivity index (χ0n) is 11.3. The molecule has 0 spiro atoms. The molecule has 102 valence electrons. The number of anilines is 1. The minimum atomic E-state index is -0.102. The number of carbonyl (C=O) groups is 2. The van der Waals surface area contributed by atoms with Gasteiger partial charge >= 0.3 is 0 Å². The van der Waals surface area contributed by atoms with Gasteiger partial charge in [-0.3, -0.25) is 9.59 Å². The SMILES string of the molecule is CC(C)CNC(=O)c1ccc2c(c1)NC(=O)C(C)S2. The van der Waals surface area contributed by atoms with E-state index in [1.54, 1.807) is 12.1 Å². The van der Waals surface area contributed by atoms with Gasteiger partial charge in [0, 0.05) is 17.0 Å². The van der Waals surface area contributed by atoms with Crippen molar-refractivity contribution in [1.82, 2.24) is 5.32 Å². The smallest absolute Gasteiger partial charge is 0.251 e. The number of fused-ring (bicyclic) bond motifs is 1. The van der Waals surface area contributed by atoms with E-state index in [9.17, 15) is 9.59 Å². The van der Waals surface area contributed by atoms with Crippen molar-refractivity contribution in [3.63, 3.8) is 0 Å². The van der Waals surface area contributed by atoms with Crippen LogP contribution >= 0.6 is 11.8 Å². The van der Waals surface area contributed by atoms with Crippen LogP contribution in [0.4, 0.5) is 5.69 Å². The summed E-state index contributed by atoms with van der Waals surface area (Å²) in [5.74, 6) is 0.296. The third-order valence-electron chi connectivity index (χ3n) is 2.84. The van der Waals surface area contributed by atoms with Crippen molar-refractivity contribution in [1.29, 1.82) is 0 Å². The van der Waals surface area contributed by atoms with Gasteiger partial charge in [0.2, 0.25) is 5.91 Å². The van der Waals surface area contributed by atoms with Crippen molar-refractivity contribution in [3.05, 3.63) is 23.8 Å². The Kier molecular flexibility index (Phi) is 4.14. The second-order valence-corrected chi connectivity index (χ2v) is 6.45. The van der Waals surface area contributed by atoms with Crippen molar-refractivity contribution in [3.8, 4) is 0 Å². The van der Waals surface area contributed by atoms with Crippen molar-refractivity contribution in [2.45, 2.75) is 30.9 Å². The fraction of sp³-hybridized carbons (Fsp3) is 0.429. The molecule has 0 aliphatic carbocycles. The lowest BCUT2D eigenvalue weighted by atomic mass is 10.1. The fourth-order valence-electron chi connectivity index (χ4n) is 1.75. The molecule has 0 radical (unpaired) electrons. The normalized spacial score (nSPS) is 17.9. The van der Waals surface area contributed by atoms with Crippen LogP contribution in [0.5, 0.6) is 0 Å². The van der Waals surface area contributed by atoms with Gasteiger partial charge in [-0.1, -0.05) is 13.8 Å². The van der Waals surface area contributed by atoms with Gasteiger partial charge in [0.15, 0.2) is 0 Å². The molecular formula is C14H18N2O2S. The summed E-state index contributed by atoms with van der Waals surface area (Å²) in [4.78, 5) is 24.6. The monoisotopic (exact) mass is 278 g/mol. The molecule has 0 bridgehead atoms. The molecule has 0 fully saturated rings. The van der Waals surface area contributed by atoms with Crippen molar-refractivity contribution in [2.24, 2.45) is 5.92 Å². The van der Waals surface area contributed by atoms with Crippen LogP contribution in [0.3, 0.4) is 0 Å². The molecule has 1 unspecified atom stereocenters. The van der Waals surface area contributed by atoms with E-state index in [0.717, 1.165) is 10.6 Å². The molecule has 0 aromatic heterocycles. The Morgan fingerprint density at radius 3 is 2.89 bits per heavy atom. The van der Waals surface area contributed by atoms with Gasteiger partial charge in [0.05, 0.1) is 10.9 Å². The van der Waals surface area contributed by atoms with Crippen LogP contribution in [0.1, 0.15) is 31.1 Å². The number of hydrogen-bond donors (Lipinski definition) is 2. The van der Waals surface area contributed by atoms with E-state index in [2.05, 4.69) is 10.6 Å². The first-order valence-corrected chi connectivity index (χ1v) is 7.25. The maximum atomic E-state index is 12.0. The number of nitrogens with one attached hydrogen (secondary N) is 2. The number of thioether (sulfide) groups is 1. The molecular weight excluding hydrogens is 260 g/mol. The maximum absolute atomic E-state index is 12.0. The summed E-state index contributed by atoms with van der Waals surface area (Å²) in [6.07, 6.45) is 0. The van der Waals surface area contributed by atoms with E-state index in [1.165, 1.54) is 11.8 Å². The van der Waals surface area contributed by atoms with Gasteiger partial charge in [0.1, 0.15) is 0 Å². The lowest BCUT2D eigenvalue weighted by Gasteiger charge is -2.21. The lowest BCUT2D eigenvalue weighted by Crippen LogP contribution is -2.29. The number of carbonyl (C=O) groups excluding carboxylic acids is 2. The average Bonchev–Trinajstić information content (AvgIpc) is 2.36. The van der Waals surface area contributed by atoms with Crippen LogP contribution in [-0.4, -0.2) is 23.6 Å². The predicted octanol–water partition coefficient (Wildman–Crippen LogP) is 2.51. The Bertz CT molecular complexity index is 514. The topological polar surface area (TPSA) is 58.2 Å². The molecule has 0 saturated carbocycles. The van der Waals surface area contributed by atoms with Crippen molar-refractivity contribution in [2.75, 3.05) is 11.9 Å². The molecule has 2 rings (SSSR count). The molecule has 1 aromatic rings. The molecule has 2 N–H and O–H groups in total. The van der Waals surface area contributed by atoms with Gasteiger partial charge in [-0.05, 0) is 31.0 Å². The van der Waals surface area contributed by atoms with E-state index in [0.29, 0.717) is 18.0 Å². The summed E-state index contributed by atoms with van der Waals surface area (Å²) in [7, 11) is 0.